The quantitative estimate of drug-likeness (QED) is 0.315. The first-order chi connectivity index (χ1) is 14.7. The highest BCUT2D eigenvalue weighted by Crippen LogP contribution is 2.25. The average Bonchev–Trinajstić information content (AvgIpc) is 3.27. The first-order valence-electron chi connectivity index (χ1n) is 9.33. The first kappa shape index (κ1) is 20.1. The number of carbonyl (C=O) groups excluding carboxylic acids is 1. The molecule has 30 heavy (non-hydrogen) atoms. The highest BCUT2D eigenvalue weighted by Gasteiger charge is 2.15. The summed E-state index contributed by atoms with van der Waals surface area (Å²) in [6.45, 7) is 0.359. The molecule has 0 unspecified atom stereocenters. The molecule has 1 heterocycles. The lowest BCUT2D eigenvalue weighted by Gasteiger charge is -2.11. The molecule has 0 saturated heterocycles. The first-order valence-corrected chi connectivity index (χ1v) is 10.6. The van der Waals surface area contributed by atoms with E-state index in [2.05, 4.69) is 4.98 Å². The fraction of sp³-hybridized carbons (Fsp3) is 0.0833. The molecular formula is C24H18ClNO3S. The zero-order valence-corrected chi connectivity index (χ0v) is 17.5. The van der Waals surface area contributed by atoms with Gasteiger partial charge in [-0.1, -0.05) is 72.3 Å². The van der Waals surface area contributed by atoms with Gasteiger partial charge in [-0.3, -0.25) is 0 Å². The van der Waals surface area contributed by atoms with Crippen molar-refractivity contribution >= 4 is 28.9 Å². The van der Waals surface area contributed by atoms with Crippen molar-refractivity contribution in [2.45, 2.75) is 13.2 Å². The molecule has 0 amide bonds. The van der Waals surface area contributed by atoms with E-state index in [1.54, 1.807) is 24.3 Å². The second-order valence-electron chi connectivity index (χ2n) is 6.46. The van der Waals surface area contributed by atoms with Gasteiger partial charge in [-0.05, 0) is 18.2 Å². The summed E-state index contributed by atoms with van der Waals surface area (Å²) in [5.74, 6) is -0.00954. The number of thiazole rings is 1. The monoisotopic (exact) mass is 435 g/mol. The Kier molecular flexibility index (Phi) is 6.42. The number of esters is 1. The standard InChI is InChI=1S/C24H18ClNO3S/c25-21-12-6-4-10-18(21)14-28-22-13-7-5-11-20(22)24(27)29-15-19-16-30-23(26-19)17-8-2-1-3-9-17/h1-13,16H,14-15H2. The molecule has 0 bridgehead atoms. The van der Waals surface area contributed by atoms with Crippen molar-refractivity contribution in [3.8, 4) is 16.3 Å². The molecule has 0 fully saturated rings. The summed E-state index contributed by atoms with van der Waals surface area (Å²) >= 11 is 7.70. The molecule has 0 saturated carbocycles. The van der Waals surface area contributed by atoms with E-state index in [0.29, 0.717) is 22.0 Å². The number of ether oxygens (including phenoxy) is 2. The maximum atomic E-state index is 12.6. The van der Waals surface area contributed by atoms with Crippen LogP contribution in [0, 0.1) is 0 Å². The minimum atomic E-state index is -0.459. The summed E-state index contributed by atoms with van der Waals surface area (Å²) < 4.78 is 11.3. The number of hydrogen-bond acceptors (Lipinski definition) is 5. The van der Waals surface area contributed by atoms with Gasteiger partial charge in [0.1, 0.15) is 29.5 Å². The van der Waals surface area contributed by atoms with Crippen molar-refractivity contribution in [3.05, 3.63) is 106 Å². The summed E-state index contributed by atoms with van der Waals surface area (Å²) in [4.78, 5) is 17.2. The van der Waals surface area contributed by atoms with Crippen molar-refractivity contribution in [1.82, 2.24) is 4.98 Å². The van der Waals surface area contributed by atoms with E-state index < -0.39 is 5.97 Å². The molecule has 0 spiro atoms. The van der Waals surface area contributed by atoms with Crippen LogP contribution in [0.1, 0.15) is 21.6 Å². The third kappa shape index (κ3) is 4.87. The number of rotatable bonds is 7. The normalized spacial score (nSPS) is 10.6. The van der Waals surface area contributed by atoms with Crippen LogP contribution in [0.2, 0.25) is 5.02 Å². The third-order valence-electron chi connectivity index (χ3n) is 4.37. The largest absolute Gasteiger partial charge is 0.488 e. The molecule has 1 aromatic heterocycles. The Morgan fingerprint density at radius 1 is 0.900 bits per heavy atom. The molecule has 0 aliphatic rings. The Bertz CT molecular complexity index is 1140. The zero-order valence-electron chi connectivity index (χ0n) is 16.0. The smallest absolute Gasteiger partial charge is 0.342 e. The molecule has 0 N–H and O–H groups in total. The van der Waals surface area contributed by atoms with E-state index in [0.717, 1.165) is 16.1 Å². The van der Waals surface area contributed by atoms with Crippen molar-refractivity contribution in [2.75, 3.05) is 0 Å². The second-order valence-corrected chi connectivity index (χ2v) is 7.73. The maximum Gasteiger partial charge on any atom is 0.342 e. The van der Waals surface area contributed by atoms with Gasteiger partial charge in [-0.25, -0.2) is 9.78 Å². The topological polar surface area (TPSA) is 48.4 Å². The van der Waals surface area contributed by atoms with Gasteiger partial charge in [-0.2, -0.15) is 0 Å². The molecule has 4 rings (SSSR count). The van der Waals surface area contributed by atoms with Crippen LogP contribution in [0.15, 0.2) is 84.2 Å². The van der Waals surface area contributed by atoms with Crippen LogP contribution in [0.25, 0.3) is 10.6 Å². The van der Waals surface area contributed by atoms with Crippen molar-refractivity contribution < 1.29 is 14.3 Å². The van der Waals surface area contributed by atoms with Gasteiger partial charge in [-0.15, -0.1) is 11.3 Å². The molecule has 0 radical (unpaired) electrons. The lowest BCUT2D eigenvalue weighted by Crippen LogP contribution is -2.08. The number of benzene rings is 3. The van der Waals surface area contributed by atoms with Crippen LogP contribution < -0.4 is 4.74 Å². The summed E-state index contributed by atoms with van der Waals surface area (Å²) in [5, 5.41) is 3.41. The van der Waals surface area contributed by atoms with Crippen molar-refractivity contribution in [2.24, 2.45) is 0 Å². The van der Waals surface area contributed by atoms with E-state index in [1.165, 1.54) is 11.3 Å². The Morgan fingerprint density at radius 3 is 2.47 bits per heavy atom. The van der Waals surface area contributed by atoms with Gasteiger partial charge >= 0.3 is 5.97 Å². The van der Waals surface area contributed by atoms with E-state index in [4.69, 9.17) is 21.1 Å². The predicted octanol–water partition coefficient (Wildman–Crippen LogP) is 6.40. The molecule has 3 aromatic carbocycles. The highest BCUT2D eigenvalue weighted by molar-refractivity contribution is 7.13. The second kappa shape index (κ2) is 9.57. The SMILES string of the molecule is O=C(OCc1csc(-c2ccccc2)n1)c1ccccc1OCc1ccccc1Cl. The molecule has 4 nitrogen and oxygen atoms in total. The predicted molar refractivity (Wildman–Crippen MR) is 119 cm³/mol. The van der Waals surface area contributed by atoms with E-state index >= 15 is 0 Å². The maximum absolute atomic E-state index is 12.6. The lowest BCUT2D eigenvalue weighted by atomic mass is 10.2. The van der Waals surface area contributed by atoms with Crippen LogP contribution in [0.3, 0.4) is 0 Å². The molecule has 0 aliphatic heterocycles. The minimum Gasteiger partial charge on any atom is -0.488 e. The number of halogens is 1. The molecular weight excluding hydrogens is 418 g/mol. The summed E-state index contributed by atoms with van der Waals surface area (Å²) in [7, 11) is 0. The summed E-state index contributed by atoms with van der Waals surface area (Å²) in [5.41, 5.74) is 2.96. The molecule has 150 valence electrons. The van der Waals surface area contributed by atoms with Gasteiger partial charge in [0, 0.05) is 21.5 Å². The number of nitrogens with zero attached hydrogens (tertiary/aromatic N) is 1. The number of carbonyl (C=O) groups is 1. The van der Waals surface area contributed by atoms with Crippen LogP contribution in [-0.4, -0.2) is 11.0 Å². The van der Waals surface area contributed by atoms with E-state index in [1.807, 2.05) is 60.0 Å². The molecule has 0 atom stereocenters. The fourth-order valence-electron chi connectivity index (χ4n) is 2.84. The highest BCUT2D eigenvalue weighted by atomic mass is 35.5. The van der Waals surface area contributed by atoms with Crippen LogP contribution in [0.5, 0.6) is 5.75 Å². The van der Waals surface area contributed by atoms with E-state index in [9.17, 15) is 4.79 Å². The van der Waals surface area contributed by atoms with Gasteiger partial charge in [0.05, 0.1) is 5.69 Å². The Morgan fingerprint density at radius 2 is 1.63 bits per heavy atom. The average molecular weight is 436 g/mol. The lowest BCUT2D eigenvalue weighted by molar-refractivity contribution is 0.0463. The summed E-state index contributed by atoms with van der Waals surface area (Å²) in [6, 6.07) is 24.3. The zero-order chi connectivity index (χ0) is 20.8. The third-order valence-corrected chi connectivity index (χ3v) is 5.68. The minimum absolute atomic E-state index is 0.0982. The summed E-state index contributed by atoms with van der Waals surface area (Å²) in [6.07, 6.45) is 0. The van der Waals surface area contributed by atoms with Crippen molar-refractivity contribution in [1.29, 1.82) is 0 Å². The molecule has 6 heteroatoms. The van der Waals surface area contributed by atoms with Crippen LogP contribution in [-0.2, 0) is 18.0 Å². The van der Waals surface area contributed by atoms with E-state index in [-0.39, 0.29) is 13.2 Å². The van der Waals surface area contributed by atoms with Gasteiger partial charge in [0.2, 0.25) is 0 Å². The number of hydrogen-bond donors (Lipinski definition) is 0. The van der Waals surface area contributed by atoms with Gasteiger partial charge in [0.25, 0.3) is 0 Å². The Balaban J connectivity index is 1.40. The van der Waals surface area contributed by atoms with Gasteiger partial charge < -0.3 is 9.47 Å². The van der Waals surface area contributed by atoms with Crippen LogP contribution >= 0.6 is 22.9 Å². The van der Waals surface area contributed by atoms with Crippen molar-refractivity contribution in [3.63, 3.8) is 0 Å². The Hall–Kier alpha value is -3.15. The molecule has 0 aliphatic carbocycles. The molecule has 4 aromatic rings. The number of aromatic nitrogens is 1. The van der Waals surface area contributed by atoms with Crippen LogP contribution in [0.4, 0.5) is 0 Å². The fourth-order valence-corrected chi connectivity index (χ4v) is 3.84. The van der Waals surface area contributed by atoms with Gasteiger partial charge in [0.15, 0.2) is 0 Å². The number of para-hydroxylation sites is 1. The Labute approximate surface area is 183 Å².